The molecule has 0 spiro atoms. The standard InChI is InChI=1S/C14H22N2/c1-13(2,3)11-7-9-10(15-11)8-12(16-9)14(4,5)6/h7-8H2,1-6H3. The van der Waals surface area contributed by atoms with Gasteiger partial charge in [0.2, 0.25) is 0 Å². The average Bonchev–Trinajstić information content (AvgIpc) is 2.53. The maximum atomic E-state index is 4.77. The van der Waals surface area contributed by atoms with Gasteiger partial charge in [-0.05, 0) is 0 Å². The summed E-state index contributed by atoms with van der Waals surface area (Å²) in [6.45, 7) is 13.3. The molecule has 0 saturated heterocycles. The summed E-state index contributed by atoms with van der Waals surface area (Å²) < 4.78 is 0. The summed E-state index contributed by atoms with van der Waals surface area (Å²) in [5.41, 5.74) is 5.37. The minimum Gasteiger partial charge on any atom is -0.259 e. The topological polar surface area (TPSA) is 24.7 Å². The Labute approximate surface area is 98.6 Å². The van der Waals surface area contributed by atoms with Gasteiger partial charge in [-0.3, -0.25) is 9.98 Å². The van der Waals surface area contributed by atoms with Crippen molar-refractivity contribution in [1.82, 2.24) is 0 Å². The van der Waals surface area contributed by atoms with Crippen molar-refractivity contribution in [3.8, 4) is 0 Å². The maximum absolute atomic E-state index is 4.77. The highest BCUT2D eigenvalue weighted by Crippen LogP contribution is 2.38. The minimum atomic E-state index is 0.182. The van der Waals surface area contributed by atoms with E-state index in [-0.39, 0.29) is 10.8 Å². The van der Waals surface area contributed by atoms with Gasteiger partial charge < -0.3 is 0 Å². The van der Waals surface area contributed by atoms with Crippen molar-refractivity contribution >= 4 is 11.4 Å². The number of hydrogen-bond donors (Lipinski definition) is 0. The molecule has 0 unspecified atom stereocenters. The van der Waals surface area contributed by atoms with Gasteiger partial charge in [-0.2, -0.15) is 0 Å². The Kier molecular flexibility index (Phi) is 2.37. The van der Waals surface area contributed by atoms with Crippen LogP contribution >= 0.6 is 0 Å². The second-order valence-electron chi connectivity index (χ2n) is 6.86. The summed E-state index contributed by atoms with van der Waals surface area (Å²) in [7, 11) is 0. The van der Waals surface area contributed by atoms with Gasteiger partial charge in [-0.15, -0.1) is 0 Å². The van der Waals surface area contributed by atoms with E-state index in [9.17, 15) is 0 Å². The maximum Gasteiger partial charge on any atom is 0.0678 e. The van der Waals surface area contributed by atoms with Crippen LogP contribution in [0, 0.1) is 10.8 Å². The first-order valence-corrected chi connectivity index (χ1v) is 6.06. The average molecular weight is 218 g/mol. The molecule has 0 atom stereocenters. The van der Waals surface area contributed by atoms with E-state index in [4.69, 9.17) is 9.98 Å². The van der Waals surface area contributed by atoms with Crippen molar-refractivity contribution in [3.05, 3.63) is 11.4 Å². The van der Waals surface area contributed by atoms with Crippen molar-refractivity contribution < 1.29 is 0 Å². The molecule has 16 heavy (non-hydrogen) atoms. The molecule has 0 amide bonds. The highest BCUT2D eigenvalue weighted by molar-refractivity contribution is 6.00. The van der Waals surface area contributed by atoms with Gasteiger partial charge in [0.15, 0.2) is 0 Å². The second-order valence-corrected chi connectivity index (χ2v) is 6.86. The molecule has 0 saturated carbocycles. The van der Waals surface area contributed by atoms with Crippen LogP contribution in [0.3, 0.4) is 0 Å². The lowest BCUT2D eigenvalue weighted by Gasteiger charge is -2.21. The molecular weight excluding hydrogens is 196 g/mol. The molecule has 0 aliphatic carbocycles. The van der Waals surface area contributed by atoms with Crippen LogP contribution in [-0.2, 0) is 0 Å². The predicted octanol–water partition coefficient (Wildman–Crippen LogP) is 3.98. The summed E-state index contributed by atoms with van der Waals surface area (Å²) >= 11 is 0. The van der Waals surface area contributed by atoms with E-state index in [1.54, 1.807) is 0 Å². The largest absolute Gasteiger partial charge is 0.259 e. The number of rotatable bonds is 0. The van der Waals surface area contributed by atoms with Crippen LogP contribution in [0.5, 0.6) is 0 Å². The third-order valence-electron chi connectivity index (χ3n) is 3.27. The molecule has 0 aromatic rings. The van der Waals surface area contributed by atoms with E-state index in [0.29, 0.717) is 0 Å². The molecule has 2 heteroatoms. The molecule has 0 aromatic carbocycles. The van der Waals surface area contributed by atoms with E-state index >= 15 is 0 Å². The Bertz CT molecular complexity index is 369. The van der Waals surface area contributed by atoms with Crippen LogP contribution in [0.15, 0.2) is 21.4 Å². The van der Waals surface area contributed by atoms with E-state index in [1.807, 2.05) is 0 Å². The quantitative estimate of drug-likeness (QED) is 0.587. The van der Waals surface area contributed by atoms with Gasteiger partial charge in [0, 0.05) is 35.1 Å². The summed E-state index contributed by atoms with van der Waals surface area (Å²) in [6, 6.07) is 0. The van der Waals surface area contributed by atoms with Crippen molar-refractivity contribution in [2.24, 2.45) is 20.8 Å². The van der Waals surface area contributed by atoms with Crippen LogP contribution in [0.4, 0.5) is 0 Å². The molecule has 0 aromatic heterocycles. The first kappa shape index (κ1) is 11.6. The van der Waals surface area contributed by atoms with E-state index in [1.165, 1.54) is 22.8 Å². The van der Waals surface area contributed by atoms with E-state index in [0.717, 1.165) is 12.8 Å². The highest BCUT2D eigenvalue weighted by Gasteiger charge is 2.33. The van der Waals surface area contributed by atoms with Crippen molar-refractivity contribution in [3.63, 3.8) is 0 Å². The molecule has 2 aliphatic rings. The normalized spacial score (nSPS) is 21.1. The van der Waals surface area contributed by atoms with Crippen LogP contribution in [0.2, 0.25) is 0 Å². The number of hydrogen-bond acceptors (Lipinski definition) is 2. The van der Waals surface area contributed by atoms with Crippen LogP contribution in [-0.4, -0.2) is 11.4 Å². The molecular formula is C14H22N2. The van der Waals surface area contributed by atoms with Gasteiger partial charge in [-0.1, -0.05) is 41.5 Å². The molecule has 2 nitrogen and oxygen atoms in total. The fourth-order valence-electron chi connectivity index (χ4n) is 2.00. The fourth-order valence-corrected chi connectivity index (χ4v) is 2.00. The third-order valence-corrected chi connectivity index (χ3v) is 3.27. The molecule has 2 rings (SSSR count). The molecule has 88 valence electrons. The lowest BCUT2D eigenvalue weighted by molar-refractivity contribution is 0.577. The Balaban J connectivity index is 2.14. The summed E-state index contributed by atoms with van der Waals surface area (Å²) in [5, 5.41) is 0. The number of nitrogens with zero attached hydrogens (tertiary/aromatic N) is 2. The monoisotopic (exact) mass is 218 g/mol. The first-order valence-electron chi connectivity index (χ1n) is 6.06. The minimum absolute atomic E-state index is 0.182. The van der Waals surface area contributed by atoms with Gasteiger partial charge in [0.05, 0.1) is 11.4 Å². The first-order chi connectivity index (χ1) is 7.18. The molecule has 0 N–H and O–H groups in total. The zero-order valence-corrected chi connectivity index (χ0v) is 11.3. The van der Waals surface area contributed by atoms with Crippen LogP contribution in [0.25, 0.3) is 0 Å². The predicted molar refractivity (Wildman–Crippen MR) is 70.0 cm³/mol. The van der Waals surface area contributed by atoms with Crippen LogP contribution < -0.4 is 0 Å². The van der Waals surface area contributed by atoms with Gasteiger partial charge in [-0.25, -0.2) is 0 Å². The smallest absolute Gasteiger partial charge is 0.0678 e. The summed E-state index contributed by atoms with van der Waals surface area (Å²) in [5.74, 6) is 0. The Morgan fingerprint density at radius 1 is 0.688 bits per heavy atom. The molecule has 0 fully saturated rings. The Hall–Kier alpha value is -0.920. The summed E-state index contributed by atoms with van der Waals surface area (Å²) in [6.07, 6.45) is 1.91. The number of allylic oxidation sites excluding steroid dienone is 2. The van der Waals surface area contributed by atoms with Gasteiger partial charge in [0.1, 0.15) is 0 Å². The number of aliphatic imine (C=N–C) groups is 2. The van der Waals surface area contributed by atoms with E-state index < -0.39 is 0 Å². The molecule has 2 aliphatic heterocycles. The Morgan fingerprint density at radius 2 is 1.00 bits per heavy atom. The Morgan fingerprint density at radius 3 is 1.25 bits per heavy atom. The van der Waals surface area contributed by atoms with Crippen LogP contribution in [0.1, 0.15) is 54.4 Å². The lowest BCUT2D eigenvalue weighted by atomic mass is 9.87. The SMILES string of the molecule is CC(C)(C)C1=NC2=C(C1)N=C(C(C)(C)C)C2. The fraction of sp³-hybridized carbons (Fsp3) is 0.714. The van der Waals surface area contributed by atoms with E-state index in [2.05, 4.69) is 41.5 Å². The van der Waals surface area contributed by atoms with Gasteiger partial charge >= 0.3 is 0 Å². The zero-order valence-electron chi connectivity index (χ0n) is 11.3. The molecule has 0 bridgehead atoms. The highest BCUT2D eigenvalue weighted by atomic mass is 14.9. The summed E-state index contributed by atoms with van der Waals surface area (Å²) in [4.78, 5) is 9.53. The lowest BCUT2D eigenvalue weighted by Crippen LogP contribution is -2.21. The van der Waals surface area contributed by atoms with Crippen molar-refractivity contribution in [2.75, 3.05) is 0 Å². The molecule has 2 heterocycles. The zero-order chi connectivity index (χ0) is 12.1. The molecule has 0 radical (unpaired) electrons. The van der Waals surface area contributed by atoms with Crippen molar-refractivity contribution in [1.29, 1.82) is 0 Å². The van der Waals surface area contributed by atoms with Crippen molar-refractivity contribution in [2.45, 2.75) is 54.4 Å². The third kappa shape index (κ3) is 1.98. The van der Waals surface area contributed by atoms with Gasteiger partial charge in [0.25, 0.3) is 0 Å². The second kappa shape index (κ2) is 3.28.